The maximum Gasteiger partial charge on any atom is 0.229 e. The summed E-state index contributed by atoms with van der Waals surface area (Å²) in [6.45, 7) is 3.07. The van der Waals surface area contributed by atoms with Gasteiger partial charge in [-0.1, -0.05) is 18.5 Å². The van der Waals surface area contributed by atoms with Crippen LogP contribution < -0.4 is 15.0 Å². The number of carbonyl (C=O) groups excluding carboxylic acids is 2. The summed E-state index contributed by atoms with van der Waals surface area (Å²) in [5.41, 5.74) is 1.45. The van der Waals surface area contributed by atoms with Crippen LogP contribution in [0, 0.1) is 5.92 Å². The molecule has 1 N–H and O–H groups in total. The molecule has 1 aliphatic heterocycles. The third kappa shape index (κ3) is 4.35. The van der Waals surface area contributed by atoms with Gasteiger partial charge in [0, 0.05) is 29.4 Å². The van der Waals surface area contributed by atoms with Crippen LogP contribution in [0.15, 0.2) is 48.5 Å². The lowest BCUT2D eigenvalue weighted by Crippen LogP contribution is -2.28. The van der Waals surface area contributed by atoms with Crippen molar-refractivity contribution in [1.29, 1.82) is 0 Å². The summed E-state index contributed by atoms with van der Waals surface area (Å²) < 4.78 is 5.53. The highest BCUT2D eigenvalue weighted by molar-refractivity contribution is 6.30. The lowest BCUT2D eigenvalue weighted by Gasteiger charge is -2.17. The second kappa shape index (κ2) is 8.23. The van der Waals surface area contributed by atoms with E-state index in [-0.39, 0.29) is 24.2 Å². The molecule has 0 saturated carbocycles. The van der Waals surface area contributed by atoms with Gasteiger partial charge in [-0.15, -0.1) is 0 Å². The first-order valence-electron chi connectivity index (χ1n) is 8.66. The van der Waals surface area contributed by atoms with E-state index in [1.54, 1.807) is 41.3 Å². The molecule has 5 nitrogen and oxygen atoms in total. The van der Waals surface area contributed by atoms with Crippen LogP contribution in [0.25, 0.3) is 0 Å². The SMILES string of the molecule is CCCOc1ccc(NC(=O)C2CC(=O)N(c3ccc(Cl)cc3)C2)cc1. The molecule has 6 heteroatoms. The van der Waals surface area contributed by atoms with Crippen LogP contribution in [0.1, 0.15) is 19.8 Å². The Morgan fingerprint density at radius 2 is 1.88 bits per heavy atom. The Morgan fingerprint density at radius 1 is 1.19 bits per heavy atom. The Kier molecular flexibility index (Phi) is 5.78. The molecule has 0 spiro atoms. The molecule has 0 aliphatic carbocycles. The highest BCUT2D eigenvalue weighted by Gasteiger charge is 2.35. The molecule has 0 bridgehead atoms. The van der Waals surface area contributed by atoms with Crippen molar-refractivity contribution in [3.63, 3.8) is 0 Å². The third-order valence-electron chi connectivity index (χ3n) is 4.23. The molecule has 1 heterocycles. The third-order valence-corrected chi connectivity index (χ3v) is 4.48. The molecule has 2 amide bonds. The Morgan fingerprint density at radius 3 is 2.54 bits per heavy atom. The number of nitrogens with one attached hydrogen (secondary N) is 1. The lowest BCUT2D eigenvalue weighted by atomic mass is 10.1. The van der Waals surface area contributed by atoms with Crippen molar-refractivity contribution in [3.8, 4) is 5.75 Å². The molecule has 1 atom stereocenters. The van der Waals surface area contributed by atoms with Gasteiger partial charge in [-0.2, -0.15) is 0 Å². The first kappa shape index (κ1) is 18.3. The maximum atomic E-state index is 12.5. The number of hydrogen-bond donors (Lipinski definition) is 1. The van der Waals surface area contributed by atoms with E-state index in [1.807, 2.05) is 19.1 Å². The molecule has 26 heavy (non-hydrogen) atoms. The van der Waals surface area contributed by atoms with Crippen molar-refractivity contribution in [2.24, 2.45) is 5.92 Å². The molecule has 0 aromatic heterocycles. The number of halogens is 1. The van der Waals surface area contributed by atoms with E-state index in [0.29, 0.717) is 23.9 Å². The topological polar surface area (TPSA) is 58.6 Å². The molecule has 1 fully saturated rings. The monoisotopic (exact) mass is 372 g/mol. The van der Waals surface area contributed by atoms with E-state index >= 15 is 0 Å². The number of hydrogen-bond acceptors (Lipinski definition) is 3. The number of ether oxygens (including phenoxy) is 1. The average molecular weight is 373 g/mol. The second-order valence-corrected chi connectivity index (χ2v) is 6.68. The van der Waals surface area contributed by atoms with Gasteiger partial charge in [0.2, 0.25) is 11.8 Å². The van der Waals surface area contributed by atoms with Crippen LogP contribution in [0.4, 0.5) is 11.4 Å². The van der Waals surface area contributed by atoms with Gasteiger partial charge in [0.15, 0.2) is 0 Å². The first-order valence-corrected chi connectivity index (χ1v) is 9.04. The van der Waals surface area contributed by atoms with Crippen molar-refractivity contribution in [3.05, 3.63) is 53.6 Å². The van der Waals surface area contributed by atoms with Crippen molar-refractivity contribution >= 4 is 34.8 Å². The van der Waals surface area contributed by atoms with Crippen LogP contribution in [0.5, 0.6) is 5.75 Å². The Bertz CT molecular complexity index is 775. The van der Waals surface area contributed by atoms with Crippen LogP contribution in [0.2, 0.25) is 5.02 Å². The smallest absolute Gasteiger partial charge is 0.229 e. The summed E-state index contributed by atoms with van der Waals surface area (Å²) in [4.78, 5) is 26.4. The minimum absolute atomic E-state index is 0.0595. The fraction of sp³-hybridized carbons (Fsp3) is 0.300. The quantitative estimate of drug-likeness (QED) is 0.829. The summed E-state index contributed by atoms with van der Waals surface area (Å²) in [7, 11) is 0. The van der Waals surface area contributed by atoms with E-state index < -0.39 is 0 Å². The molecule has 0 radical (unpaired) electrons. The molecule has 1 saturated heterocycles. The number of rotatable bonds is 6. The van der Waals surface area contributed by atoms with E-state index in [0.717, 1.165) is 17.9 Å². The van der Waals surface area contributed by atoms with Gasteiger partial charge >= 0.3 is 0 Å². The number of anilines is 2. The normalized spacial score (nSPS) is 16.6. The number of amides is 2. The maximum absolute atomic E-state index is 12.5. The summed E-state index contributed by atoms with van der Waals surface area (Å²) in [6, 6.07) is 14.3. The number of nitrogens with zero attached hydrogens (tertiary/aromatic N) is 1. The molecular formula is C20H21ClN2O3. The number of carbonyl (C=O) groups is 2. The Hall–Kier alpha value is -2.53. The number of benzene rings is 2. The molecule has 1 unspecified atom stereocenters. The highest BCUT2D eigenvalue weighted by Crippen LogP contribution is 2.27. The van der Waals surface area contributed by atoms with E-state index in [4.69, 9.17) is 16.3 Å². The zero-order chi connectivity index (χ0) is 18.5. The summed E-state index contributed by atoms with van der Waals surface area (Å²) in [5.74, 6) is 0.178. The fourth-order valence-electron chi connectivity index (χ4n) is 2.85. The largest absolute Gasteiger partial charge is 0.494 e. The predicted octanol–water partition coefficient (Wildman–Crippen LogP) is 4.12. The summed E-state index contributed by atoms with van der Waals surface area (Å²) in [5, 5.41) is 3.49. The van der Waals surface area contributed by atoms with Crippen molar-refractivity contribution in [2.45, 2.75) is 19.8 Å². The van der Waals surface area contributed by atoms with Crippen LogP contribution in [0.3, 0.4) is 0 Å². The van der Waals surface area contributed by atoms with Crippen molar-refractivity contribution in [1.82, 2.24) is 0 Å². The van der Waals surface area contributed by atoms with Crippen LogP contribution in [-0.2, 0) is 9.59 Å². The molecular weight excluding hydrogens is 352 g/mol. The summed E-state index contributed by atoms with van der Waals surface area (Å²) in [6.07, 6.45) is 1.14. The Balaban J connectivity index is 1.60. The van der Waals surface area contributed by atoms with Crippen LogP contribution in [-0.4, -0.2) is 25.0 Å². The predicted molar refractivity (Wildman–Crippen MR) is 103 cm³/mol. The van der Waals surface area contributed by atoms with Crippen molar-refractivity contribution < 1.29 is 14.3 Å². The average Bonchev–Trinajstić information content (AvgIpc) is 3.04. The first-order chi connectivity index (χ1) is 12.6. The van der Waals surface area contributed by atoms with Gasteiger partial charge in [0.25, 0.3) is 0 Å². The Labute approximate surface area is 157 Å². The van der Waals surface area contributed by atoms with Crippen molar-refractivity contribution in [2.75, 3.05) is 23.4 Å². The standard InChI is InChI=1S/C20H21ClN2O3/c1-2-11-26-18-9-5-16(6-10-18)22-20(25)14-12-19(24)23(13-14)17-7-3-15(21)4-8-17/h3-10,14H,2,11-13H2,1H3,(H,22,25). The minimum atomic E-state index is -0.380. The lowest BCUT2D eigenvalue weighted by molar-refractivity contribution is -0.122. The van der Waals surface area contributed by atoms with Gasteiger partial charge in [-0.3, -0.25) is 9.59 Å². The van der Waals surface area contributed by atoms with Gasteiger partial charge in [-0.25, -0.2) is 0 Å². The van der Waals surface area contributed by atoms with E-state index in [1.165, 1.54) is 0 Å². The molecule has 136 valence electrons. The molecule has 3 rings (SSSR count). The van der Waals surface area contributed by atoms with Gasteiger partial charge in [-0.05, 0) is 55.0 Å². The van der Waals surface area contributed by atoms with E-state index in [9.17, 15) is 9.59 Å². The molecule has 2 aromatic rings. The zero-order valence-corrected chi connectivity index (χ0v) is 15.3. The zero-order valence-electron chi connectivity index (χ0n) is 14.6. The van der Waals surface area contributed by atoms with Gasteiger partial charge < -0.3 is 15.0 Å². The second-order valence-electron chi connectivity index (χ2n) is 6.24. The van der Waals surface area contributed by atoms with Gasteiger partial charge in [0.1, 0.15) is 5.75 Å². The molecule has 1 aliphatic rings. The minimum Gasteiger partial charge on any atom is -0.494 e. The van der Waals surface area contributed by atoms with Gasteiger partial charge in [0.05, 0.1) is 12.5 Å². The highest BCUT2D eigenvalue weighted by atomic mass is 35.5. The van der Waals surface area contributed by atoms with Crippen LogP contribution >= 0.6 is 11.6 Å². The fourth-order valence-corrected chi connectivity index (χ4v) is 2.98. The molecule has 2 aromatic carbocycles. The van der Waals surface area contributed by atoms with E-state index in [2.05, 4.69) is 5.32 Å². The summed E-state index contributed by atoms with van der Waals surface area (Å²) >= 11 is 5.89.